The molecule has 0 radical (unpaired) electrons. The Morgan fingerprint density at radius 2 is 1.88 bits per heavy atom. The van der Waals surface area contributed by atoms with Gasteiger partial charge in [-0.2, -0.15) is 5.10 Å². The lowest BCUT2D eigenvalue weighted by atomic mass is 10.3. The van der Waals surface area contributed by atoms with Gasteiger partial charge in [0.05, 0.1) is 0 Å². The van der Waals surface area contributed by atoms with Crippen molar-refractivity contribution in [2.24, 2.45) is 0 Å². The van der Waals surface area contributed by atoms with E-state index in [0.717, 1.165) is 11.4 Å². The summed E-state index contributed by atoms with van der Waals surface area (Å²) >= 11 is 7.35. The maximum absolute atomic E-state index is 5.65. The van der Waals surface area contributed by atoms with E-state index in [4.69, 9.17) is 16.3 Å². The fourth-order valence-corrected chi connectivity index (χ4v) is 1.76. The number of ether oxygens (including phenoxy) is 1. The molecule has 0 N–H and O–H groups in total. The number of hydrogen-bond donors (Lipinski definition) is 0. The van der Waals surface area contributed by atoms with Crippen LogP contribution in [0.15, 0.2) is 41.3 Å². The van der Waals surface area contributed by atoms with Crippen LogP contribution in [0.3, 0.4) is 0 Å². The summed E-state index contributed by atoms with van der Waals surface area (Å²) in [5, 5.41) is 8.05. The summed E-state index contributed by atoms with van der Waals surface area (Å²) in [4.78, 5) is 1.21. The van der Waals surface area contributed by atoms with Gasteiger partial charge in [-0.25, -0.2) is 0 Å². The molecule has 0 unspecified atom stereocenters. The first kappa shape index (κ1) is 12.2. The normalized spacial score (nSPS) is 10.2. The van der Waals surface area contributed by atoms with Crippen molar-refractivity contribution < 1.29 is 4.74 Å². The monoisotopic (exact) mass is 266 g/mol. The maximum Gasteiger partial charge on any atom is 0.151 e. The van der Waals surface area contributed by atoms with Gasteiger partial charge in [0.15, 0.2) is 5.15 Å². The Morgan fingerprint density at radius 3 is 2.47 bits per heavy atom. The topological polar surface area (TPSA) is 35.0 Å². The number of nitrogens with zero attached hydrogens (tertiary/aromatic N) is 2. The molecule has 0 atom stereocenters. The molecule has 0 aliphatic rings. The zero-order valence-corrected chi connectivity index (χ0v) is 10.8. The van der Waals surface area contributed by atoms with Gasteiger partial charge in [0, 0.05) is 4.90 Å². The molecule has 5 heteroatoms. The second-order valence-electron chi connectivity index (χ2n) is 3.31. The van der Waals surface area contributed by atoms with Crippen LogP contribution < -0.4 is 4.74 Å². The Labute approximate surface area is 109 Å². The van der Waals surface area contributed by atoms with E-state index < -0.39 is 0 Å². The van der Waals surface area contributed by atoms with Crippen LogP contribution in [0.4, 0.5) is 0 Å². The minimum atomic E-state index is 0.387. The molecular formula is C12H11ClN2OS. The first-order chi connectivity index (χ1) is 8.28. The molecule has 1 aromatic carbocycles. The molecule has 2 aromatic rings. The molecular weight excluding hydrogens is 256 g/mol. The van der Waals surface area contributed by atoms with Gasteiger partial charge < -0.3 is 4.74 Å². The largest absolute Gasteiger partial charge is 0.487 e. The highest BCUT2D eigenvalue weighted by atomic mass is 35.5. The Hall–Kier alpha value is -1.26. The van der Waals surface area contributed by atoms with Crippen LogP contribution in [0, 0.1) is 0 Å². The van der Waals surface area contributed by atoms with Gasteiger partial charge in [-0.05, 0) is 42.7 Å². The highest BCUT2D eigenvalue weighted by molar-refractivity contribution is 7.98. The second kappa shape index (κ2) is 5.89. The fourth-order valence-electron chi connectivity index (χ4n) is 1.25. The Bertz CT molecular complexity index is 473. The lowest BCUT2D eigenvalue weighted by Crippen LogP contribution is -1.99. The number of rotatable bonds is 4. The molecule has 0 spiro atoms. The molecule has 2 rings (SSSR count). The molecule has 0 amide bonds. The minimum Gasteiger partial charge on any atom is -0.487 e. The third-order valence-corrected chi connectivity index (χ3v) is 3.08. The SMILES string of the molecule is CSc1ccc(OCc2ccc(Cl)nn2)cc1. The highest BCUT2D eigenvalue weighted by Crippen LogP contribution is 2.19. The maximum atomic E-state index is 5.65. The van der Waals surface area contributed by atoms with Crippen molar-refractivity contribution in [3.8, 4) is 5.75 Å². The standard InChI is InChI=1S/C12H11ClN2OS/c1-17-11-5-3-10(4-6-11)16-8-9-2-7-12(13)15-14-9/h2-7H,8H2,1H3. The first-order valence-electron chi connectivity index (χ1n) is 5.03. The van der Waals surface area contributed by atoms with E-state index in [0.29, 0.717) is 11.8 Å². The molecule has 0 saturated carbocycles. The summed E-state index contributed by atoms with van der Waals surface area (Å²) in [5.41, 5.74) is 0.753. The van der Waals surface area contributed by atoms with Crippen LogP contribution in [-0.4, -0.2) is 16.5 Å². The predicted molar refractivity (Wildman–Crippen MR) is 69.6 cm³/mol. The zero-order valence-electron chi connectivity index (χ0n) is 9.26. The average Bonchev–Trinajstić information content (AvgIpc) is 2.39. The van der Waals surface area contributed by atoms with Crippen molar-refractivity contribution >= 4 is 23.4 Å². The molecule has 88 valence electrons. The summed E-state index contributed by atoms with van der Waals surface area (Å²) in [6, 6.07) is 11.4. The van der Waals surface area contributed by atoms with E-state index in [1.54, 1.807) is 23.9 Å². The Balaban J connectivity index is 1.95. The lowest BCUT2D eigenvalue weighted by Gasteiger charge is -2.05. The third-order valence-electron chi connectivity index (χ3n) is 2.13. The highest BCUT2D eigenvalue weighted by Gasteiger charge is 1.98. The molecule has 3 nitrogen and oxygen atoms in total. The Morgan fingerprint density at radius 1 is 1.12 bits per heavy atom. The van der Waals surface area contributed by atoms with Crippen LogP contribution in [0.2, 0.25) is 5.15 Å². The van der Waals surface area contributed by atoms with Gasteiger partial charge in [-0.3, -0.25) is 0 Å². The quantitative estimate of drug-likeness (QED) is 0.794. The van der Waals surface area contributed by atoms with E-state index >= 15 is 0 Å². The van der Waals surface area contributed by atoms with E-state index in [9.17, 15) is 0 Å². The third kappa shape index (κ3) is 3.61. The molecule has 1 aromatic heterocycles. The summed E-state index contributed by atoms with van der Waals surface area (Å²) < 4.78 is 5.58. The van der Waals surface area contributed by atoms with Crippen molar-refractivity contribution in [2.75, 3.05) is 6.26 Å². The Kier molecular flexibility index (Phi) is 4.23. The number of halogens is 1. The summed E-state index contributed by atoms with van der Waals surface area (Å²) in [6.07, 6.45) is 2.04. The molecule has 0 aliphatic heterocycles. The minimum absolute atomic E-state index is 0.387. The summed E-state index contributed by atoms with van der Waals surface area (Å²) in [7, 11) is 0. The van der Waals surface area contributed by atoms with E-state index in [1.165, 1.54) is 4.90 Å². The number of benzene rings is 1. The molecule has 0 bridgehead atoms. The van der Waals surface area contributed by atoms with Crippen LogP contribution >= 0.6 is 23.4 Å². The van der Waals surface area contributed by atoms with E-state index in [1.807, 2.05) is 30.5 Å². The van der Waals surface area contributed by atoms with E-state index in [-0.39, 0.29) is 0 Å². The lowest BCUT2D eigenvalue weighted by molar-refractivity contribution is 0.299. The fraction of sp³-hybridized carbons (Fsp3) is 0.167. The predicted octanol–water partition coefficient (Wildman–Crippen LogP) is 3.43. The van der Waals surface area contributed by atoms with Gasteiger partial charge in [-0.1, -0.05) is 11.6 Å². The average molecular weight is 267 g/mol. The zero-order chi connectivity index (χ0) is 12.1. The molecule has 17 heavy (non-hydrogen) atoms. The number of aromatic nitrogens is 2. The molecule has 0 aliphatic carbocycles. The molecule has 0 fully saturated rings. The first-order valence-corrected chi connectivity index (χ1v) is 6.63. The van der Waals surface area contributed by atoms with Crippen LogP contribution in [0.5, 0.6) is 5.75 Å². The van der Waals surface area contributed by atoms with Gasteiger partial charge >= 0.3 is 0 Å². The van der Waals surface area contributed by atoms with Crippen molar-refractivity contribution in [3.63, 3.8) is 0 Å². The van der Waals surface area contributed by atoms with Crippen LogP contribution in [0.1, 0.15) is 5.69 Å². The molecule has 0 saturated heterocycles. The number of hydrogen-bond acceptors (Lipinski definition) is 4. The van der Waals surface area contributed by atoms with Crippen molar-refractivity contribution in [1.29, 1.82) is 0 Å². The summed E-state index contributed by atoms with van der Waals surface area (Å²) in [5.74, 6) is 0.819. The van der Waals surface area contributed by atoms with Crippen LogP contribution in [-0.2, 0) is 6.61 Å². The van der Waals surface area contributed by atoms with Crippen molar-refractivity contribution in [1.82, 2.24) is 10.2 Å². The van der Waals surface area contributed by atoms with E-state index in [2.05, 4.69) is 10.2 Å². The van der Waals surface area contributed by atoms with Gasteiger partial charge in [0.25, 0.3) is 0 Å². The van der Waals surface area contributed by atoms with Crippen molar-refractivity contribution in [2.45, 2.75) is 11.5 Å². The summed E-state index contributed by atoms with van der Waals surface area (Å²) in [6.45, 7) is 0.392. The van der Waals surface area contributed by atoms with Gasteiger partial charge in [-0.15, -0.1) is 16.9 Å². The van der Waals surface area contributed by atoms with Crippen LogP contribution in [0.25, 0.3) is 0 Å². The smallest absolute Gasteiger partial charge is 0.151 e. The molecule has 1 heterocycles. The van der Waals surface area contributed by atoms with Gasteiger partial charge in [0.1, 0.15) is 18.1 Å². The van der Waals surface area contributed by atoms with Crippen molar-refractivity contribution in [3.05, 3.63) is 47.2 Å². The van der Waals surface area contributed by atoms with Gasteiger partial charge in [0.2, 0.25) is 0 Å². The number of thioether (sulfide) groups is 1. The second-order valence-corrected chi connectivity index (χ2v) is 4.58.